The molecule has 0 aliphatic heterocycles. The van der Waals surface area contributed by atoms with Crippen LogP contribution in [-0.4, -0.2) is 21.9 Å². The third-order valence-corrected chi connectivity index (χ3v) is 5.58. The van der Waals surface area contributed by atoms with E-state index in [4.69, 9.17) is 0 Å². The molecule has 0 aliphatic carbocycles. The summed E-state index contributed by atoms with van der Waals surface area (Å²) in [4.78, 5) is 0. The monoisotopic (exact) mass is 398 g/mol. The summed E-state index contributed by atoms with van der Waals surface area (Å²) in [6.07, 6.45) is 1.51. The predicted octanol–water partition coefficient (Wildman–Crippen LogP) is 5.17. The van der Waals surface area contributed by atoms with Crippen LogP contribution < -0.4 is 0 Å². The highest BCUT2D eigenvalue weighted by Crippen LogP contribution is 2.36. The van der Waals surface area contributed by atoms with E-state index >= 15 is 0 Å². The van der Waals surface area contributed by atoms with Crippen LogP contribution in [0, 0.1) is 0 Å². The fourth-order valence-corrected chi connectivity index (χ4v) is 3.71. The fraction of sp³-hybridized carbons (Fsp3) is 0.538. The Hall–Kier alpha value is -1.68. The second-order valence-electron chi connectivity index (χ2n) is 10.2. The largest absolute Gasteiger partial charge is 0.396 e. The van der Waals surface area contributed by atoms with Crippen LogP contribution in [0.2, 0.25) is 0 Å². The molecule has 0 spiro atoms. The molecule has 2 aromatic carbocycles. The van der Waals surface area contributed by atoms with Crippen molar-refractivity contribution in [2.45, 2.75) is 84.3 Å². The predicted molar refractivity (Wildman–Crippen MR) is 120 cm³/mol. The molecule has 0 amide bonds. The smallest absolute Gasteiger partial charge is 0.0682 e. The minimum Gasteiger partial charge on any atom is -0.396 e. The van der Waals surface area contributed by atoms with Gasteiger partial charge in [0.1, 0.15) is 0 Å². The SMILES string of the molecule is CC(C)(C)c1cc(CO)cc(C(CCCO)c2cc(CO)cc(C(C)(C)C)c2)c1. The van der Waals surface area contributed by atoms with Crippen molar-refractivity contribution in [3.8, 4) is 0 Å². The summed E-state index contributed by atoms with van der Waals surface area (Å²) in [5, 5.41) is 29.2. The Kier molecular flexibility index (Phi) is 7.67. The van der Waals surface area contributed by atoms with Crippen molar-refractivity contribution in [1.82, 2.24) is 0 Å². The van der Waals surface area contributed by atoms with E-state index in [9.17, 15) is 15.3 Å². The van der Waals surface area contributed by atoms with Crippen LogP contribution in [-0.2, 0) is 24.0 Å². The van der Waals surface area contributed by atoms with Gasteiger partial charge in [-0.1, -0.05) is 77.9 Å². The molecule has 0 saturated carbocycles. The molecule has 0 heterocycles. The fourth-order valence-electron chi connectivity index (χ4n) is 3.71. The van der Waals surface area contributed by atoms with E-state index in [-0.39, 0.29) is 36.6 Å². The molecule has 0 unspecified atom stereocenters. The topological polar surface area (TPSA) is 60.7 Å². The first-order valence-corrected chi connectivity index (χ1v) is 10.6. The van der Waals surface area contributed by atoms with Crippen molar-refractivity contribution in [3.05, 3.63) is 69.8 Å². The van der Waals surface area contributed by atoms with E-state index in [0.29, 0.717) is 6.42 Å². The number of rotatable bonds is 7. The van der Waals surface area contributed by atoms with Crippen molar-refractivity contribution in [1.29, 1.82) is 0 Å². The first-order chi connectivity index (χ1) is 13.5. The molecule has 3 N–H and O–H groups in total. The second-order valence-corrected chi connectivity index (χ2v) is 10.2. The first-order valence-electron chi connectivity index (χ1n) is 10.6. The Labute approximate surface area is 176 Å². The number of aliphatic hydroxyl groups excluding tert-OH is 3. The molecular formula is C26H38O3. The molecule has 160 valence electrons. The van der Waals surface area contributed by atoms with Gasteiger partial charge in [-0.3, -0.25) is 0 Å². The number of hydrogen-bond acceptors (Lipinski definition) is 3. The van der Waals surface area contributed by atoms with Crippen LogP contribution in [0.4, 0.5) is 0 Å². The Morgan fingerprint density at radius 3 is 1.38 bits per heavy atom. The summed E-state index contributed by atoms with van der Waals surface area (Å²) in [5.41, 5.74) is 6.49. The van der Waals surface area contributed by atoms with Gasteiger partial charge < -0.3 is 15.3 Å². The van der Waals surface area contributed by atoms with Gasteiger partial charge in [0, 0.05) is 12.5 Å². The van der Waals surface area contributed by atoms with Crippen molar-refractivity contribution in [3.63, 3.8) is 0 Å². The van der Waals surface area contributed by atoms with Gasteiger partial charge in [-0.25, -0.2) is 0 Å². The summed E-state index contributed by atoms with van der Waals surface area (Å²) in [7, 11) is 0. The molecule has 0 saturated heterocycles. The van der Waals surface area contributed by atoms with Gasteiger partial charge in [0.05, 0.1) is 13.2 Å². The zero-order valence-electron chi connectivity index (χ0n) is 18.9. The van der Waals surface area contributed by atoms with Crippen LogP contribution in [0.3, 0.4) is 0 Å². The summed E-state index contributed by atoms with van der Waals surface area (Å²) in [5.74, 6) is 0.0994. The average Bonchev–Trinajstić information content (AvgIpc) is 2.66. The lowest BCUT2D eigenvalue weighted by Crippen LogP contribution is -2.15. The highest BCUT2D eigenvalue weighted by Gasteiger charge is 2.22. The van der Waals surface area contributed by atoms with Gasteiger partial charge in [-0.05, 0) is 57.1 Å². The molecule has 0 atom stereocenters. The second kappa shape index (κ2) is 9.42. The zero-order chi connectivity index (χ0) is 21.8. The van der Waals surface area contributed by atoms with Gasteiger partial charge in [0.25, 0.3) is 0 Å². The molecule has 3 heteroatoms. The lowest BCUT2D eigenvalue weighted by Gasteiger charge is -2.27. The van der Waals surface area contributed by atoms with Crippen molar-refractivity contribution in [2.24, 2.45) is 0 Å². The summed E-state index contributed by atoms with van der Waals surface area (Å²) in [6.45, 7) is 13.2. The maximum atomic E-state index is 9.84. The molecule has 2 rings (SSSR count). The molecule has 29 heavy (non-hydrogen) atoms. The lowest BCUT2D eigenvalue weighted by molar-refractivity contribution is 0.279. The molecule has 0 radical (unpaired) electrons. The van der Waals surface area contributed by atoms with Crippen LogP contribution in [0.5, 0.6) is 0 Å². The molecule has 3 nitrogen and oxygen atoms in total. The van der Waals surface area contributed by atoms with Gasteiger partial charge in [-0.15, -0.1) is 0 Å². The van der Waals surface area contributed by atoms with E-state index in [1.165, 1.54) is 11.1 Å². The third-order valence-electron chi connectivity index (χ3n) is 5.58. The third kappa shape index (κ3) is 6.15. The average molecular weight is 399 g/mol. The number of aliphatic hydroxyl groups is 3. The van der Waals surface area contributed by atoms with Crippen LogP contribution >= 0.6 is 0 Å². The highest BCUT2D eigenvalue weighted by molar-refractivity contribution is 5.43. The highest BCUT2D eigenvalue weighted by atomic mass is 16.3. The summed E-state index contributed by atoms with van der Waals surface area (Å²) >= 11 is 0. The quantitative estimate of drug-likeness (QED) is 0.603. The molecular weight excluding hydrogens is 360 g/mol. The Balaban J connectivity index is 2.67. The van der Waals surface area contributed by atoms with Crippen LogP contribution in [0.1, 0.15) is 93.7 Å². The molecule has 2 aromatic rings. The van der Waals surface area contributed by atoms with Gasteiger partial charge >= 0.3 is 0 Å². The Bertz CT molecular complexity index is 744. The zero-order valence-corrected chi connectivity index (χ0v) is 18.9. The van der Waals surface area contributed by atoms with Crippen LogP contribution in [0.25, 0.3) is 0 Å². The molecule has 0 aliphatic rings. The van der Waals surface area contributed by atoms with E-state index < -0.39 is 0 Å². The van der Waals surface area contributed by atoms with Gasteiger partial charge in [0.15, 0.2) is 0 Å². The van der Waals surface area contributed by atoms with E-state index in [1.54, 1.807) is 0 Å². The van der Waals surface area contributed by atoms with E-state index in [2.05, 4.69) is 77.9 Å². The minimum atomic E-state index is -0.0228. The van der Waals surface area contributed by atoms with Crippen molar-refractivity contribution >= 4 is 0 Å². The maximum Gasteiger partial charge on any atom is 0.0682 e. The van der Waals surface area contributed by atoms with Gasteiger partial charge in [0.2, 0.25) is 0 Å². The van der Waals surface area contributed by atoms with Crippen molar-refractivity contribution < 1.29 is 15.3 Å². The summed E-state index contributed by atoms with van der Waals surface area (Å²) < 4.78 is 0. The molecule has 0 aromatic heterocycles. The summed E-state index contributed by atoms with van der Waals surface area (Å²) in [6, 6.07) is 12.8. The standard InChI is InChI=1S/C26H38O3/c1-25(2,3)22-12-18(16-28)10-20(14-22)24(8-7-9-27)21-11-19(17-29)13-23(15-21)26(4,5)6/h10-15,24,27-29H,7-9,16-17H2,1-6H3. The maximum absolute atomic E-state index is 9.84. The van der Waals surface area contributed by atoms with Gasteiger partial charge in [-0.2, -0.15) is 0 Å². The lowest BCUT2D eigenvalue weighted by atomic mass is 9.78. The van der Waals surface area contributed by atoms with E-state index in [1.807, 2.05) is 0 Å². The number of benzene rings is 2. The number of hydrogen-bond donors (Lipinski definition) is 3. The van der Waals surface area contributed by atoms with Crippen LogP contribution in [0.15, 0.2) is 36.4 Å². The Morgan fingerprint density at radius 1 is 0.655 bits per heavy atom. The first kappa shape index (κ1) is 23.6. The minimum absolute atomic E-state index is 0.00750. The van der Waals surface area contributed by atoms with E-state index in [0.717, 1.165) is 28.7 Å². The van der Waals surface area contributed by atoms with Crippen molar-refractivity contribution in [2.75, 3.05) is 6.61 Å². The molecule has 0 bridgehead atoms. The Morgan fingerprint density at radius 2 is 1.07 bits per heavy atom. The molecule has 0 fully saturated rings. The normalized spacial score (nSPS) is 12.6.